The minimum Gasteiger partial charge on any atom is -0.339 e. The fourth-order valence-electron chi connectivity index (χ4n) is 2.17. The number of fused-ring (bicyclic) bond motifs is 1. The van der Waals surface area contributed by atoms with Crippen LogP contribution in [0.4, 0.5) is 11.5 Å². The van der Waals surface area contributed by atoms with E-state index in [9.17, 15) is 0 Å². The summed E-state index contributed by atoms with van der Waals surface area (Å²) in [5, 5.41) is 3.27. The summed E-state index contributed by atoms with van der Waals surface area (Å²) in [6.45, 7) is 0. The Hall–Kier alpha value is -2.86. The second-order valence-corrected chi connectivity index (χ2v) is 5.57. The summed E-state index contributed by atoms with van der Waals surface area (Å²) < 4.78 is 1.17. The minimum atomic E-state index is 0.698. The summed E-state index contributed by atoms with van der Waals surface area (Å²) in [4.78, 5) is 17.2. The first-order valence-electron chi connectivity index (χ1n) is 6.71. The van der Waals surface area contributed by atoms with Gasteiger partial charge in [-0.25, -0.2) is 9.97 Å². The molecule has 0 radical (unpaired) electrons. The molecule has 1 N–H and O–H groups in total. The van der Waals surface area contributed by atoms with Crippen LogP contribution >= 0.6 is 11.3 Å². The van der Waals surface area contributed by atoms with Crippen molar-refractivity contribution in [3.8, 4) is 11.3 Å². The van der Waals surface area contributed by atoms with Crippen LogP contribution in [-0.2, 0) is 0 Å². The molecular weight excluding hydrogens is 294 g/mol. The Bertz CT molecular complexity index is 920. The van der Waals surface area contributed by atoms with Gasteiger partial charge in [-0.05, 0) is 30.3 Å². The van der Waals surface area contributed by atoms with Crippen molar-refractivity contribution < 1.29 is 0 Å². The minimum absolute atomic E-state index is 0.698. The number of anilines is 2. The molecule has 0 aliphatic carbocycles. The van der Waals surface area contributed by atoms with Gasteiger partial charge in [0, 0.05) is 23.6 Å². The number of nitrogens with zero attached hydrogens (tertiary/aromatic N) is 4. The fourth-order valence-corrected chi connectivity index (χ4v) is 2.83. The smallest absolute Gasteiger partial charge is 0.149 e. The largest absolute Gasteiger partial charge is 0.339 e. The molecule has 0 saturated heterocycles. The molecule has 3 aromatic heterocycles. The molecule has 0 saturated carbocycles. The topological polar surface area (TPSA) is 63.6 Å². The number of hydrogen-bond donors (Lipinski definition) is 1. The Morgan fingerprint density at radius 2 is 1.86 bits per heavy atom. The Kier molecular flexibility index (Phi) is 3.21. The number of pyridine rings is 1. The zero-order valence-electron chi connectivity index (χ0n) is 11.5. The van der Waals surface area contributed by atoms with Gasteiger partial charge >= 0.3 is 0 Å². The molecule has 22 heavy (non-hydrogen) atoms. The molecular formula is C16H11N5S. The number of thiazole rings is 1. The Labute approximate surface area is 130 Å². The van der Waals surface area contributed by atoms with E-state index in [1.165, 1.54) is 4.70 Å². The lowest BCUT2D eigenvalue weighted by atomic mass is 10.2. The average molecular weight is 305 g/mol. The molecule has 0 aliphatic rings. The number of hydrogen-bond acceptors (Lipinski definition) is 6. The van der Waals surface area contributed by atoms with Crippen LogP contribution < -0.4 is 5.32 Å². The van der Waals surface area contributed by atoms with Crippen LogP contribution in [0.3, 0.4) is 0 Å². The highest BCUT2D eigenvalue weighted by Gasteiger charge is 2.04. The van der Waals surface area contributed by atoms with Gasteiger partial charge < -0.3 is 5.32 Å². The monoisotopic (exact) mass is 305 g/mol. The van der Waals surface area contributed by atoms with E-state index < -0.39 is 0 Å². The van der Waals surface area contributed by atoms with Crippen LogP contribution in [0.1, 0.15) is 0 Å². The van der Waals surface area contributed by atoms with Gasteiger partial charge in [0.2, 0.25) is 0 Å². The number of benzene rings is 1. The van der Waals surface area contributed by atoms with Crippen molar-refractivity contribution in [2.75, 3.05) is 5.32 Å². The van der Waals surface area contributed by atoms with Gasteiger partial charge in [0.1, 0.15) is 5.82 Å². The first-order valence-corrected chi connectivity index (χ1v) is 7.59. The third-order valence-corrected chi connectivity index (χ3v) is 4.02. The molecule has 4 rings (SSSR count). The van der Waals surface area contributed by atoms with Crippen LogP contribution in [0, 0.1) is 0 Å². The zero-order chi connectivity index (χ0) is 14.8. The van der Waals surface area contributed by atoms with Crippen molar-refractivity contribution in [1.82, 2.24) is 19.9 Å². The van der Waals surface area contributed by atoms with E-state index in [-0.39, 0.29) is 0 Å². The van der Waals surface area contributed by atoms with Crippen molar-refractivity contribution in [2.24, 2.45) is 0 Å². The van der Waals surface area contributed by atoms with E-state index in [1.807, 2.05) is 29.8 Å². The van der Waals surface area contributed by atoms with Gasteiger partial charge in [-0.15, -0.1) is 11.3 Å². The second kappa shape index (κ2) is 5.50. The normalized spacial score (nSPS) is 10.7. The lowest BCUT2D eigenvalue weighted by molar-refractivity contribution is 1.20. The van der Waals surface area contributed by atoms with Gasteiger partial charge in [0.15, 0.2) is 0 Å². The first kappa shape index (κ1) is 12.8. The molecule has 4 aromatic rings. The molecule has 0 aliphatic heterocycles. The van der Waals surface area contributed by atoms with Gasteiger partial charge in [0.25, 0.3) is 0 Å². The van der Waals surface area contributed by atoms with Crippen molar-refractivity contribution in [3.05, 3.63) is 60.6 Å². The maximum absolute atomic E-state index is 4.59. The van der Waals surface area contributed by atoms with Gasteiger partial charge in [-0.3, -0.25) is 9.97 Å². The molecule has 0 bridgehead atoms. The van der Waals surface area contributed by atoms with Crippen molar-refractivity contribution in [3.63, 3.8) is 0 Å². The predicted octanol–water partition coefficient (Wildman–Crippen LogP) is 3.89. The lowest BCUT2D eigenvalue weighted by Crippen LogP contribution is -1.96. The molecule has 3 heterocycles. The molecule has 5 nitrogen and oxygen atoms in total. The Morgan fingerprint density at radius 1 is 0.955 bits per heavy atom. The highest BCUT2D eigenvalue weighted by Crippen LogP contribution is 2.24. The maximum Gasteiger partial charge on any atom is 0.149 e. The van der Waals surface area contributed by atoms with E-state index in [0.717, 1.165) is 22.5 Å². The number of aromatic nitrogens is 4. The van der Waals surface area contributed by atoms with E-state index >= 15 is 0 Å². The van der Waals surface area contributed by atoms with Crippen LogP contribution in [0.5, 0.6) is 0 Å². The van der Waals surface area contributed by atoms with E-state index in [0.29, 0.717) is 5.82 Å². The molecule has 0 unspecified atom stereocenters. The standard InChI is InChI=1S/C16H11N5S/c1-2-15-13(19-10-22-15)7-12(1)20-16-9-18-8-14(21-16)11-3-5-17-6-4-11/h1-10H,(H,20,21). The quantitative estimate of drug-likeness (QED) is 0.622. The highest BCUT2D eigenvalue weighted by molar-refractivity contribution is 7.16. The number of nitrogens with one attached hydrogen (secondary N) is 1. The SMILES string of the molecule is c1cc(-c2cncc(Nc3ccc4scnc4c3)n2)ccn1. The number of rotatable bonds is 3. The summed E-state index contributed by atoms with van der Waals surface area (Å²) in [7, 11) is 0. The van der Waals surface area contributed by atoms with E-state index in [4.69, 9.17) is 0 Å². The average Bonchev–Trinajstić information content (AvgIpc) is 3.04. The van der Waals surface area contributed by atoms with Gasteiger partial charge in [-0.2, -0.15) is 0 Å². The Balaban J connectivity index is 1.65. The van der Waals surface area contributed by atoms with Crippen molar-refractivity contribution in [1.29, 1.82) is 0 Å². The second-order valence-electron chi connectivity index (χ2n) is 4.69. The van der Waals surface area contributed by atoms with E-state index in [2.05, 4.69) is 31.3 Å². The molecule has 1 aromatic carbocycles. The molecule has 0 amide bonds. The summed E-state index contributed by atoms with van der Waals surface area (Å²) in [5.41, 5.74) is 5.56. The van der Waals surface area contributed by atoms with Gasteiger partial charge in [-0.1, -0.05) is 0 Å². The third-order valence-electron chi connectivity index (χ3n) is 3.21. The Morgan fingerprint density at radius 3 is 2.77 bits per heavy atom. The highest BCUT2D eigenvalue weighted by atomic mass is 32.1. The lowest BCUT2D eigenvalue weighted by Gasteiger charge is -2.07. The zero-order valence-corrected chi connectivity index (χ0v) is 12.3. The van der Waals surface area contributed by atoms with E-state index in [1.54, 1.807) is 36.1 Å². The molecule has 6 heteroatoms. The van der Waals surface area contributed by atoms with Crippen molar-refractivity contribution >= 4 is 33.1 Å². The van der Waals surface area contributed by atoms with Gasteiger partial charge in [0.05, 0.1) is 33.8 Å². The van der Waals surface area contributed by atoms with Crippen LogP contribution in [-0.4, -0.2) is 19.9 Å². The fraction of sp³-hybridized carbons (Fsp3) is 0. The summed E-state index contributed by atoms with van der Waals surface area (Å²) in [6, 6.07) is 9.90. The summed E-state index contributed by atoms with van der Waals surface area (Å²) in [6.07, 6.45) is 6.93. The molecule has 0 atom stereocenters. The maximum atomic E-state index is 4.59. The molecule has 106 valence electrons. The van der Waals surface area contributed by atoms with Crippen LogP contribution in [0.15, 0.2) is 60.6 Å². The predicted molar refractivity (Wildman–Crippen MR) is 88.2 cm³/mol. The van der Waals surface area contributed by atoms with Crippen molar-refractivity contribution in [2.45, 2.75) is 0 Å². The van der Waals surface area contributed by atoms with Crippen LogP contribution in [0.25, 0.3) is 21.5 Å². The molecule has 0 fully saturated rings. The summed E-state index contributed by atoms with van der Waals surface area (Å²) in [5.74, 6) is 0.698. The molecule has 0 spiro atoms. The summed E-state index contributed by atoms with van der Waals surface area (Å²) >= 11 is 1.63. The first-order chi connectivity index (χ1) is 10.9. The third kappa shape index (κ3) is 2.51. The van der Waals surface area contributed by atoms with Crippen LogP contribution in [0.2, 0.25) is 0 Å².